The summed E-state index contributed by atoms with van der Waals surface area (Å²) < 4.78 is 78.5. The predicted octanol–water partition coefficient (Wildman–Crippen LogP) is 5.06. The number of aliphatic imine (C=N–C) groups is 1. The number of hydrogen-bond acceptors (Lipinski definition) is 4. The van der Waals surface area contributed by atoms with E-state index < -0.39 is 67.2 Å². The van der Waals surface area contributed by atoms with Crippen LogP contribution in [0.3, 0.4) is 0 Å². The summed E-state index contributed by atoms with van der Waals surface area (Å²) in [7, 11) is 1.41. The van der Waals surface area contributed by atoms with Crippen LogP contribution in [0, 0.1) is 11.8 Å². The van der Waals surface area contributed by atoms with Crippen molar-refractivity contribution in [1.82, 2.24) is 5.32 Å². The van der Waals surface area contributed by atoms with E-state index in [1.807, 2.05) is 0 Å². The lowest BCUT2D eigenvalue weighted by Gasteiger charge is -2.27. The molecule has 0 spiro atoms. The third kappa shape index (κ3) is 7.20. The van der Waals surface area contributed by atoms with E-state index in [0.29, 0.717) is 16.8 Å². The highest BCUT2D eigenvalue weighted by Crippen LogP contribution is 2.35. The minimum Gasteiger partial charge on any atom is -0.326 e. The Labute approximate surface area is 214 Å². The number of benzodiazepines with no additional fused rings is 1. The Kier molecular flexibility index (Phi) is 8.63. The summed E-state index contributed by atoms with van der Waals surface area (Å²) in [5, 5.41) is 2.23. The highest BCUT2D eigenvalue weighted by Gasteiger charge is 2.43. The smallest absolute Gasteiger partial charge is 0.326 e. The molecule has 0 saturated heterocycles. The monoisotopic (exact) mass is 541 g/mol. The zero-order valence-electron chi connectivity index (χ0n) is 20.4. The van der Waals surface area contributed by atoms with Gasteiger partial charge in [0.15, 0.2) is 0 Å². The number of amides is 2. The van der Waals surface area contributed by atoms with Crippen molar-refractivity contribution in [3.63, 3.8) is 0 Å². The van der Waals surface area contributed by atoms with E-state index >= 15 is 0 Å². The second kappa shape index (κ2) is 11.4. The molecule has 0 bridgehead atoms. The molecule has 1 aliphatic rings. The van der Waals surface area contributed by atoms with Gasteiger partial charge in [0.25, 0.3) is 5.91 Å². The summed E-state index contributed by atoms with van der Waals surface area (Å²) >= 11 is 0. The first-order chi connectivity index (χ1) is 17.7. The van der Waals surface area contributed by atoms with E-state index in [9.17, 15) is 40.7 Å². The summed E-state index contributed by atoms with van der Waals surface area (Å²) in [4.78, 5) is 44.1. The lowest BCUT2D eigenvalue weighted by Crippen LogP contribution is -2.49. The van der Waals surface area contributed by atoms with Crippen molar-refractivity contribution in [1.29, 1.82) is 0 Å². The molecule has 0 unspecified atom stereocenters. The van der Waals surface area contributed by atoms with Gasteiger partial charge in [-0.15, -0.1) is 0 Å². The predicted molar refractivity (Wildman–Crippen MR) is 127 cm³/mol. The lowest BCUT2D eigenvalue weighted by molar-refractivity contribution is -0.163. The Hall–Kier alpha value is -3.70. The van der Waals surface area contributed by atoms with Gasteiger partial charge in [-0.25, -0.2) is 4.99 Å². The summed E-state index contributed by atoms with van der Waals surface area (Å²) in [6.45, 7) is 0.789. The van der Waals surface area contributed by atoms with Gasteiger partial charge in [0.2, 0.25) is 12.1 Å². The first-order valence-corrected chi connectivity index (χ1v) is 11.6. The van der Waals surface area contributed by atoms with Gasteiger partial charge in [-0.3, -0.25) is 14.4 Å². The van der Waals surface area contributed by atoms with Gasteiger partial charge in [0, 0.05) is 36.4 Å². The van der Waals surface area contributed by atoms with Crippen LogP contribution >= 0.6 is 0 Å². The van der Waals surface area contributed by atoms with Crippen LogP contribution in [0.4, 0.5) is 32.0 Å². The average molecular weight is 541 g/mol. The number of likely N-dealkylation sites (N-methyl/N-ethyl adjacent to an activating group) is 1. The number of para-hydroxylation sites is 1. The molecule has 12 heteroatoms. The number of Topliss-reactive ketones (excluding diaryl/α,β-unsaturated/α-hetero) is 1. The normalized spacial score (nSPS) is 17.7. The van der Waals surface area contributed by atoms with Crippen LogP contribution in [0.5, 0.6) is 0 Å². The molecule has 1 heterocycles. The lowest BCUT2D eigenvalue weighted by atomic mass is 9.82. The van der Waals surface area contributed by atoms with Crippen LogP contribution in [-0.2, 0) is 14.4 Å². The molecule has 2 amide bonds. The molecule has 1 N–H and O–H groups in total. The number of anilines is 1. The van der Waals surface area contributed by atoms with E-state index in [1.54, 1.807) is 54.6 Å². The van der Waals surface area contributed by atoms with Crippen LogP contribution < -0.4 is 10.2 Å². The number of nitrogens with one attached hydrogen (secondary N) is 1. The van der Waals surface area contributed by atoms with Crippen LogP contribution in [0.15, 0.2) is 59.6 Å². The largest absolute Gasteiger partial charge is 0.389 e. The quantitative estimate of drug-likeness (QED) is 0.475. The van der Waals surface area contributed by atoms with Gasteiger partial charge in [-0.05, 0) is 19.4 Å². The Morgan fingerprint density at radius 3 is 2.13 bits per heavy atom. The second-order valence-electron chi connectivity index (χ2n) is 8.97. The number of rotatable bonds is 8. The summed E-state index contributed by atoms with van der Waals surface area (Å²) in [6, 6.07) is 15.3. The van der Waals surface area contributed by atoms with E-state index in [2.05, 4.69) is 10.3 Å². The van der Waals surface area contributed by atoms with Crippen molar-refractivity contribution in [3.8, 4) is 0 Å². The number of carbonyl (C=O) groups excluding carboxylic acids is 3. The fourth-order valence-corrected chi connectivity index (χ4v) is 4.34. The number of fused-ring (bicyclic) bond motifs is 1. The second-order valence-corrected chi connectivity index (χ2v) is 8.97. The summed E-state index contributed by atoms with van der Waals surface area (Å²) in [5.74, 6) is -7.20. The molecule has 2 aromatic rings. The van der Waals surface area contributed by atoms with Crippen molar-refractivity contribution in [2.45, 2.75) is 44.7 Å². The van der Waals surface area contributed by atoms with Crippen molar-refractivity contribution < 1.29 is 40.7 Å². The SMILES string of the molecule is CC(=O)[C@@H](CC(F)(F)F)[C@@H](CCC(F)(F)F)C(=O)N[C@H]1N=C(c2ccccc2)c2ccccc2N(C)C1=O. The number of alkyl halides is 6. The molecule has 38 heavy (non-hydrogen) atoms. The van der Waals surface area contributed by atoms with E-state index in [-0.39, 0.29) is 5.71 Å². The standard InChI is InChI=1S/C26H25F6N3O3/c1-15(36)19(14-26(30,31)32)17(12-13-25(27,28)29)23(37)34-22-24(38)35(2)20-11-7-6-10-18(20)21(33-22)16-8-4-3-5-9-16/h3-11,17,19,22H,12-14H2,1-2H3,(H,34,37)/t17-,19-,22-/m1/s1. The van der Waals surface area contributed by atoms with Crippen molar-refractivity contribution >= 4 is 29.0 Å². The van der Waals surface area contributed by atoms with Gasteiger partial charge < -0.3 is 10.2 Å². The van der Waals surface area contributed by atoms with Gasteiger partial charge in [-0.2, -0.15) is 26.3 Å². The zero-order chi connectivity index (χ0) is 28.3. The number of halogens is 6. The summed E-state index contributed by atoms with van der Waals surface area (Å²) in [6.07, 6.45) is -15.8. The third-order valence-electron chi connectivity index (χ3n) is 6.20. The zero-order valence-corrected chi connectivity index (χ0v) is 20.4. The fraction of sp³-hybridized carbons (Fsp3) is 0.385. The molecule has 6 nitrogen and oxygen atoms in total. The molecule has 0 fully saturated rings. The molecule has 3 rings (SSSR count). The minimum absolute atomic E-state index is 0.287. The first-order valence-electron chi connectivity index (χ1n) is 11.6. The van der Waals surface area contributed by atoms with Crippen LogP contribution in [-0.4, -0.2) is 48.9 Å². The van der Waals surface area contributed by atoms with E-state index in [1.165, 1.54) is 11.9 Å². The van der Waals surface area contributed by atoms with Gasteiger partial charge in [0.05, 0.1) is 17.8 Å². The highest BCUT2D eigenvalue weighted by molar-refractivity contribution is 6.20. The average Bonchev–Trinajstić information content (AvgIpc) is 2.93. The van der Waals surface area contributed by atoms with Crippen LogP contribution in [0.2, 0.25) is 0 Å². The minimum atomic E-state index is -4.91. The molecular formula is C26H25F6N3O3. The molecular weight excluding hydrogens is 516 g/mol. The number of ketones is 1. The Morgan fingerprint density at radius 1 is 0.947 bits per heavy atom. The van der Waals surface area contributed by atoms with Gasteiger partial charge >= 0.3 is 12.4 Å². The number of benzene rings is 2. The number of hydrogen-bond donors (Lipinski definition) is 1. The number of carbonyl (C=O) groups is 3. The van der Waals surface area contributed by atoms with Crippen molar-refractivity contribution in [3.05, 3.63) is 65.7 Å². The summed E-state index contributed by atoms with van der Waals surface area (Å²) in [5.41, 5.74) is 1.81. The molecule has 1 aliphatic heterocycles. The van der Waals surface area contributed by atoms with Crippen molar-refractivity contribution in [2.75, 3.05) is 11.9 Å². The highest BCUT2D eigenvalue weighted by atomic mass is 19.4. The van der Waals surface area contributed by atoms with E-state index in [4.69, 9.17) is 0 Å². The first kappa shape index (κ1) is 28.9. The maximum Gasteiger partial charge on any atom is 0.389 e. The van der Waals surface area contributed by atoms with Crippen molar-refractivity contribution in [2.24, 2.45) is 16.8 Å². The van der Waals surface area contributed by atoms with Gasteiger partial charge in [-0.1, -0.05) is 48.5 Å². The van der Waals surface area contributed by atoms with Gasteiger partial charge in [0.1, 0.15) is 5.78 Å². The van der Waals surface area contributed by atoms with Crippen LogP contribution in [0.25, 0.3) is 0 Å². The molecule has 0 aliphatic carbocycles. The maximum atomic E-state index is 13.3. The molecule has 0 saturated carbocycles. The Morgan fingerprint density at radius 2 is 1.55 bits per heavy atom. The fourth-order valence-electron chi connectivity index (χ4n) is 4.34. The molecule has 204 valence electrons. The maximum absolute atomic E-state index is 13.3. The topological polar surface area (TPSA) is 78.8 Å². The number of nitrogens with zero attached hydrogens (tertiary/aromatic N) is 2. The van der Waals surface area contributed by atoms with Crippen LogP contribution in [0.1, 0.15) is 37.3 Å². The molecule has 3 atom stereocenters. The Balaban J connectivity index is 2.03. The third-order valence-corrected chi connectivity index (χ3v) is 6.20. The van der Waals surface area contributed by atoms with E-state index in [0.717, 1.165) is 6.92 Å². The Bertz CT molecular complexity index is 1210. The molecule has 0 aromatic heterocycles. The molecule has 0 radical (unpaired) electrons. The molecule has 2 aromatic carbocycles.